The maximum absolute atomic E-state index is 11.1. The van der Waals surface area contributed by atoms with Crippen LogP contribution in [0.15, 0.2) is 12.1 Å². The molecule has 0 spiro atoms. The van der Waals surface area contributed by atoms with Gasteiger partial charge in [-0.1, -0.05) is 11.6 Å². The minimum atomic E-state index is -0.682. The van der Waals surface area contributed by atoms with Gasteiger partial charge in [-0.3, -0.25) is 20.2 Å². The summed E-state index contributed by atoms with van der Waals surface area (Å²) in [5.41, 5.74) is -0.379. The second-order valence-electron chi connectivity index (χ2n) is 4.36. The van der Waals surface area contributed by atoms with Crippen molar-refractivity contribution >= 4 is 28.7 Å². The monoisotopic (exact) mass is 285 g/mol. The molecular weight excluding hydrogens is 274 g/mol. The van der Waals surface area contributed by atoms with Crippen molar-refractivity contribution in [3.05, 3.63) is 37.4 Å². The van der Waals surface area contributed by atoms with Gasteiger partial charge in [0.25, 0.3) is 5.69 Å². The van der Waals surface area contributed by atoms with E-state index in [1.807, 2.05) is 4.90 Å². The number of piperidine rings is 1. The highest BCUT2D eigenvalue weighted by Gasteiger charge is 2.28. The topological polar surface area (TPSA) is 89.5 Å². The summed E-state index contributed by atoms with van der Waals surface area (Å²) in [5, 5.41) is 21.9. The molecular formula is C11H12ClN3O4. The lowest BCUT2D eigenvalue weighted by Gasteiger charge is -2.28. The largest absolute Gasteiger partial charge is 0.365 e. The van der Waals surface area contributed by atoms with E-state index in [2.05, 4.69) is 0 Å². The van der Waals surface area contributed by atoms with Crippen molar-refractivity contribution in [2.24, 2.45) is 0 Å². The van der Waals surface area contributed by atoms with Crippen LogP contribution in [0.25, 0.3) is 0 Å². The molecule has 0 aromatic heterocycles. The van der Waals surface area contributed by atoms with E-state index in [4.69, 9.17) is 11.6 Å². The summed E-state index contributed by atoms with van der Waals surface area (Å²) in [6.07, 6.45) is 2.95. The van der Waals surface area contributed by atoms with Crippen molar-refractivity contribution in [1.82, 2.24) is 0 Å². The van der Waals surface area contributed by atoms with Gasteiger partial charge in [-0.05, 0) is 19.3 Å². The average molecular weight is 286 g/mol. The first-order valence-electron chi connectivity index (χ1n) is 5.88. The van der Waals surface area contributed by atoms with E-state index in [0.717, 1.165) is 25.3 Å². The minimum absolute atomic E-state index is 0.0581. The van der Waals surface area contributed by atoms with E-state index >= 15 is 0 Å². The van der Waals surface area contributed by atoms with E-state index < -0.39 is 9.85 Å². The molecule has 1 heterocycles. The van der Waals surface area contributed by atoms with Gasteiger partial charge in [0.1, 0.15) is 5.69 Å². The Morgan fingerprint density at radius 1 is 1.05 bits per heavy atom. The van der Waals surface area contributed by atoms with E-state index in [1.54, 1.807) is 0 Å². The lowest BCUT2D eigenvalue weighted by atomic mass is 10.1. The number of halogens is 1. The Bertz CT molecular complexity index is 529. The summed E-state index contributed by atoms with van der Waals surface area (Å²) in [6.45, 7) is 1.36. The maximum atomic E-state index is 11.1. The quantitative estimate of drug-likeness (QED) is 0.628. The zero-order valence-electron chi connectivity index (χ0n) is 10.0. The highest BCUT2D eigenvalue weighted by atomic mass is 35.5. The van der Waals surface area contributed by atoms with Crippen molar-refractivity contribution < 1.29 is 9.85 Å². The third kappa shape index (κ3) is 2.76. The number of anilines is 1. The zero-order chi connectivity index (χ0) is 14.0. The molecule has 0 atom stereocenters. The number of rotatable bonds is 3. The zero-order valence-corrected chi connectivity index (χ0v) is 10.8. The molecule has 0 radical (unpaired) electrons. The van der Waals surface area contributed by atoms with Gasteiger partial charge in [0, 0.05) is 19.2 Å². The van der Waals surface area contributed by atoms with Gasteiger partial charge in [-0.25, -0.2) is 0 Å². The van der Waals surface area contributed by atoms with E-state index in [-0.39, 0.29) is 22.1 Å². The van der Waals surface area contributed by atoms with Gasteiger partial charge in [-0.15, -0.1) is 0 Å². The van der Waals surface area contributed by atoms with Crippen LogP contribution in [0, 0.1) is 20.2 Å². The highest BCUT2D eigenvalue weighted by Crippen LogP contribution is 2.40. The molecule has 2 rings (SSSR count). The van der Waals surface area contributed by atoms with Crippen LogP contribution in [0.3, 0.4) is 0 Å². The van der Waals surface area contributed by atoms with Crippen molar-refractivity contribution in [3.63, 3.8) is 0 Å². The average Bonchev–Trinajstić information content (AvgIpc) is 2.38. The third-order valence-electron chi connectivity index (χ3n) is 3.11. The van der Waals surface area contributed by atoms with Crippen LogP contribution in [0.5, 0.6) is 0 Å². The fourth-order valence-electron chi connectivity index (χ4n) is 2.25. The Kier molecular flexibility index (Phi) is 3.84. The molecule has 1 saturated heterocycles. The molecule has 0 saturated carbocycles. The number of hydrogen-bond donors (Lipinski definition) is 0. The van der Waals surface area contributed by atoms with Crippen LogP contribution in [-0.4, -0.2) is 22.9 Å². The molecule has 0 unspecified atom stereocenters. The summed E-state index contributed by atoms with van der Waals surface area (Å²) in [7, 11) is 0. The maximum Gasteiger partial charge on any atom is 0.300 e. The Labute approximate surface area is 114 Å². The van der Waals surface area contributed by atoms with Crippen LogP contribution in [0.4, 0.5) is 17.1 Å². The standard InChI is InChI=1S/C11H12ClN3O4/c12-9-6-8(14(16)17)7-10(15(18)19)11(9)13-4-2-1-3-5-13/h6-7H,1-5H2. The van der Waals surface area contributed by atoms with Crippen molar-refractivity contribution in [3.8, 4) is 0 Å². The Morgan fingerprint density at radius 2 is 1.68 bits per heavy atom. The highest BCUT2D eigenvalue weighted by molar-refractivity contribution is 6.34. The third-order valence-corrected chi connectivity index (χ3v) is 3.40. The fourth-order valence-corrected chi connectivity index (χ4v) is 2.57. The second kappa shape index (κ2) is 5.40. The number of benzene rings is 1. The van der Waals surface area contributed by atoms with Gasteiger partial charge in [0.15, 0.2) is 0 Å². The van der Waals surface area contributed by atoms with Gasteiger partial charge < -0.3 is 4.90 Å². The van der Waals surface area contributed by atoms with Gasteiger partial charge >= 0.3 is 5.69 Å². The molecule has 0 N–H and O–H groups in total. The minimum Gasteiger partial charge on any atom is -0.365 e. The van der Waals surface area contributed by atoms with Gasteiger partial charge in [0.2, 0.25) is 0 Å². The van der Waals surface area contributed by atoms with E-state index in [0.29, 0.717) is 13.1 Å². The Hall–Kier alpha value is -1.89. The molecule has 19 heavy (non-hydrogen) atoms. The summed E-state index contributed by atoms with van der Waals surface area (Å²) >= 11 is 6.01. The molecule has 0 amide bonds. The molecule has 1 fully saturated rings. The predicted molar refractivity (Wildman–Crippen MR) is 70.8 cm³/mol. The van der Waals surface area contributed by atoms with Crippen LogP contribution in [0.2, 0.25) is 5.02 Å². The normalized spacial score (nSPS) is 15.3. The lowest BCUT2D eigenvalue weighted by molar-refractivity contribution is -0.393. The fraction of sp³-hybridized carbons (Fsp3) is 0.455. The Morgan fingerprint density at radius 3 is 2.21 bits per heavy atom. The molecule has 1 aromatic rings. The van der Waals surface area contributed by atoms with Crippen LogP contribution in [0.1, 0.15) is 19.3 Å². The summed E-state index contributed by atoms with van der Waals surface area (Å²) in [6, 6.07) is 2.13. The molecule has 0 bridgehead atoms. The molecule has 1 aromatic carbocycles. The SMILES string of the molecule is O=[N+]([O-])c1cc(Cl)c(N2CCCCC2)c([N+](=O)[O-])c1. The molecule has 7 nitrogen and oxygen atoms in total. The van der Waals surface area contributed by atoms with Gasteiger partial charge in [-0.2, -0.15) is 0 Å². The van der Waals surface area contributed by atoms with Crippen LogP contribution >= 0.6 is 11.6 Å². The first kappa shape index (κ1) is 13.5. The second-order valence-corrected chi connectivity index (χ2v) is 4.76. The van der Waals surface area contributed by atoms with Crippen LogP contribution in [-0.2, 0) is 0 Å². The molecule has 102 valence electrons. The summed E-state index contributed by atoms with van der Waals surface area (Å²) in [4.78, 5) is 22.3. The van der Waals surface area contributed by atoms with E-state index in [9.17, 15) is 20.2 Å². The van der Waals surface area contributed by atoms with Crippen molar-refractivity contribution in [2.75, 3.05) is 18.0 Å². The van der Waals surface area contributed by atoms with Crippen molar-refractivity contribution in [1.29, 1.82) is 0 Å². The number of nitrogens with zero attached hydrogens (tertiary/aromatic N) is 3. The first-order chi connectivity index (χ1) is 9.00. The lowest BCUT2D eigenvalue weighted by Crippen LogP contribution is -2.30. The van der Waals surface area contributed by atoms with Crippen LogP contribution < -0.4 is 4.90 Å². The first-order valence-corrected chi connectivity index (χ1v) is 6.26. The summed E-state index contributed by atoms with van der Waals surface area (Å²) < 4.78 is 0. The smallest absolute Gasteiger partial charge is 0.300 e. The number of hydrogen-bond acceptors (Lipinski definition) is 5. The van der Waals surface area contributed by atoms with E-state index in [1.165, 1.54) is 6.07 Å². The number of nitro benzene ring substituents is 2. The predicted octanol–water partition coefficient (Wildman–Crippen LogP) is 3.15. The Balaban J connectivity index is 2.51. The number of non-ortho nitro benzene ring substituents is 1. The summed E-state index contributed by atoms with van der Waals surface area (Å²) in [5.74, 6) is 0. The molecule has 8 heteroatoms. The van der Waals surface area contributed by atoms with Gasteiger partial charge in [0.05, 0.1) is 20.9 Å². The number of nitro groups is 2. The molecule has 1 aliphatic heterocycles. The van der Waals surface area contributed by atoms with Crippen molar-refractivity contribution in [2.45, 2.75) is 19.3 Å². The molecule has 1 aliphatic rings. The molecule has 0 aliphatic carbocycles.